The predicted molar refractivity (Wildman–Crippen MR) is 137 cm³/mol. The number of rotatable bonds is 6. The fourth-order valence-corrected chi connectivity index (χ4v) is 4.75. The molecular weight excluding hydrogens is 450 g/mol. The van der Waals surface area contributed by atoms with Crippen molar-refractivity contribution in [2.24, 2.45) is 0 Å². The maximum atomic E-state index is 13.3. The van der Waals surface area contributed by atoms with Gasteiger partial charge in [-0.2, -0.15) is 0 Å². The van der Waals surface area contributed by atoms with Crippen LogP contribution in [0.3, 0.4) is 0 Å². The molecule has 0 spiro atoms. The van der Waals surface area contributed by atoms with E-state index in [4.69, 9.17) is 16.3 Å². The lowest BCUT2D eigenvalue weighted by atomic mass is 10.0. The first-order valence-corrected chi connectivity index (χ1v) is 11.8. The SMILES string of the molecule is CN(C)CC(c1cccc(Cl)c1)n1ccc(-c2c[nH]c3ncc(N4CCOCC4)cc23)cc1=O. The molecular formula is C26H28ClN5O2. The molecule has 0 bridgehead atoms. The van der Waals surface area contributed by atoms with Gasteiger partial charge in [0.15, 0.2) is 0 Å². The Bertz CT molecular complexity index is 1360. The number of pyridine rings is 2. The largest absolute Gasteiger partial charge is 0.378 e. The number of H-pyrrole nitrogens is 1. The average Bonchev–Trinajstić information content (AvgIpc) is 3.26. The van der Waals surface area contributed by atoms with Crippen LogP contribution in [0.1, 0.15) is 11.6 Å². The van der Waals surface area contributed by atoms with Gasteiger partial charge in [-0.1, -0.05) is 23.7 Å². The van der Waals surface area contributed by atoms with E-state index in [2.05, 4.69) is 25.8 Å². The fraction of sp³-hybridized carbons (Fsp3) is 0.308. The van der Waals surface area contributed by atoms with Crippen LogP contribution in [0.15, 0.2) is 65.8 Å². The topological polar surface area (TPSA) is 66.4 Å². The van der Waals surface area contributed by atoms with Crippen molar-refractivity contribution >= 4 is 28.3 Å². The molecule has 5 rings (SSSR count). The minimum absolute atomic E-state index is 0.0593. The van der Waals surface area contributed by atoms with Gasteiger partial charge in [0.2, 0.25) is 0 Å². The van der Waals surface area contributed by atoms with E-state index in [9.17, 15) is 4.79 Å². The van der Waals surface area contributed by atoms with Crippen LogP contribution in [0.4, 0.5) is 5.69 Å². The van der Waals surface area contributed by atoms with E-state index < -0.39 is 0 Å². The Hall–Kier alpha value is -3.13. The zero-order valence-corrected chi connectivity index (χ0v) is 20.1. The van der Waals surface area contributed by atoms with Gasteiger partial charge in [0.05, 0.1) is 31.1 Å². The number of benzene rings is 1. The first-order valence-electron chi connectivity index (χ1n) is 11.4. The number of aromatic nitrogens is 3. The molecule has 1 fully saturated rings. The highest BCUT2D eigenvalue weighted by atomic mass is 35.5. The zero-order chi connectivity index (χ0) is 23.7. The zero-order valence-electron chi connectivity index (χ0n) is 19.4. The number of nitrogens with zero attached hydrogens (tertiary/aromatic N) is 4. The number of aromatic amines is 1. The van der Waals surface area contributed by atoms with E-state index in [1.165, 1.54) is 0 Å². The number of likely N-dealkylation sites (N-methyl/N-ethyl adjacent to an activating group) is 1. The minimum atomic E-state index is -0.146. The third-order valence-electron chi connectivity index (χ3n) is 6.26. The Labute approximate surface area is 203 Å². The van der Waals surface area contributed by atoms with Crippen molar-refractivity contribution in [2.75, 3.05) is 51.8 Å². The van der Waals surface area contributed by atoms with Gasteiger partial charge in [-0.15, -0.1) is 0 Å². The van der Waals surface area contributed by atoms with Crippen LogP contribution in [-0.4, -0.2) is 66.4 Å². The van der Waals surface area contributed by atoms with E-state index in [-0.39, 0.29) is 11.6 Å². The average molecular weight is 478 g/mol. The Balaban J connectivity index is 1.52. The number of nitrogens with one attached hydrogen (secondary N) is 1. The molecule has 176 valence electrons. The highest BCUT2D eigenvalue weighted by Gasteiger charge is 2.18. The number of hydrogen-bond acceptors (Lipinski definition) is 5. The molecule has 1 aliphatic heterocycles. The van der Waals surface area contributed by atoms with Gasteiger partial charge in [-0.25, -0.2) is 4.98 Å². The van der Waals surface area contributed by atoms with Crippen molar-refractivity contribution in [3.05, 3.63) is 82.0 Å². The molecule has 8 heteroatoms. The van der Waals surface area contributed by atoms with E-state index in [0.29, 0.717) is 11.6 Å². The number of halogens is 1. The lowest BCUT2D eigenvalue weighted by Crippen LogP contribution is -2.36. The molecule has 1 aromatic carbocycles. The van der Waals surface area contributed by atoms with Gasteiger partial charge in [-0.05, 0) is 49.5 Å². The van der Waals surface area contributed by atoms with Crippen molar-refractivity contribution in [3.63, 3.8) is 0 Å². The Kier molecular flexibility index (Phi) is 6.41. The second-order valence-corrected chi connectivity index (χ2v) is 9.32. The van der Waals surface area contributed by atoms with Crippen LogP contribution in [0.25, 0.3) is 22.2 Å². The Morgan fingerprint density at radius 3 is 2.74 bits per heavy atom. The number of morpholine rings is 1. The van der Waals surface area contributed by atoms with Gasteiger partial charge in [-0.3, -0.25) is 4.79 Å². The van der Waals surface area contributed by atoms with Gasteiger partial charge in [0, 0.05) is 54.1 Å². The number of fused-ring (bicyclic) bond motifs is 1. The van der Waals surface area contributed by atoms with Crippen LogP contribution in [-0.2, 0) is 4.74 Å². The molecule has 3 aromatic heterocycles. The fourth-order valence-electron chi connectivity index (χ4n) is 4.55. The number of hydrogen-bond donors (Lipinski definition) is 1. The second-order valence-electron chi connectivity index (χ2n) is 8.89. The molecule has 1 N–H and O–H groups in total. The molecule has 7 nitrogen and oxygen atoms in total. The van der Waals surface area contributed by atoms with Crippen molar-refractivity contribution in [2.45, 2.75) is 6.04 Å². The standard InChI is InChI=1S/C26H28ClN5O2/c1-30(2)17-24(19-4-3-5-20(27)12-19)32-7-6-18(13-25(32)33)23-16-29-26-22(23)14-21(15-28-26)31-8-10-34-11-9-31/h3-7,12-16,24H,8-11,17H2,1-2H3,(H,28,29). The van der Waals surface area contributed by atoms with Crippen molar-refractivity contribution < 1.29 is 4.74 Å². The Morgan fingerprint density at radius 2 is 2.00 bits per heavy atom. The lowest BCUT2D eigenvalue weighted by Gasteiger charge is -2.28. The molecule has 0 saturated carbocycles. The Morgan fingerprint density at radius 1 is 1.18 bits per heavy atom. The third-order valence-corrected chi connectivity index (χ3v) is 6.49. The monoisotopic (exact) mass is 477 g/mol. The van der Waals surface area contributed by atoms with Crippen molar-refractivity contribution in [3.8, 4) is 11.1 Å². The summed E-state index contributed by atoms with van der Waals surface area (Å²) in [6, 6.07) is 13.4. The summed E-state index contributed by atoms with van der Waals surface area (Å²) in [5.74, 6) is 0. The van der Waals surface area contributed by atoms with Crippen LogP contribution >= 0.6 is 11.6 Å². The number of anilines is 1. The molecule has 1 unspecified atom stereocenters. The smallest absolute Gasteiger partial charge is 0.251 e. The first kappa shape index (κ1) is 22.7. The van der Waals surface area contributed by atoms with Crippen LogP contribution in [0.5, 0.6) is 0 Å². The maximum absolute atomic E-state index is 13.3. The summed E-state index contributed by atoms with van der Waals surface area (Å²) in [5, 5.41) is 1.66. The molecule has 0 radical (unpaired) electrons. The maximum Gasteiger partial charge on any atom is 0.251 e. The molecule has 0 aliphatic carbocycles. The summed E-state index contributed by atoms with van der Waals surface area (Å²) in [7, 11) is 4.00. The van der Waals surface area contributed by atoms with Crippen molar-refractivity contribution in [1.82, 2.24) is 19.4 Å². The second kappa shape index (κ2) is 9.62. The summed E-state index contributed by atoms with van der Waals surface area (Å²) in [4.78, 5) is 25.5. The van der Waals surface area contributed by atoms with Gasteiger partial charge in [0.25, 0.3) is 5.56 Å². The molecule has 1 aliphatic rings. The van der Waals surface area contributed by atoms with Crippen LogP contribution < -0.4 is 10.5 Å². The lowest BCUT2D eigenvalue weighted by molar-refractivity contribution is 0.122. The summed E-state index contributed by atoms with van der Waals surface area (Å²) in [6.45, 7) is 3.81. The third kappa shape index (κ3) is 4.59. The summed E-state index contributed by atoms with van der Waals surface area (Å²) < 4.78 is 7.26. The van der Waals surface area contributed by atoms with Crippen LogP contribution in [0.2, 0.25) is 5.02 Å². The predicted octanol–water partition coefficient (Wildman–Crippen LogP) is 4.03. The van der Waals surface area contributed by atoms with Gasteiger partial charge >= 0.3 is 0 Å². The molecule has 1 atom stereocenters. The highest BCUT2D eigenvalue weighted by molar-refractivity contribution is 6.30. The van der Waals surface area contributed by atoms with Crippen LogP contribution in [0, 0.1) is 0 Å². The van der Waals surface area contributed by atoms with Gasteiger partial charge < -0.3 is 24.1 Å². The van der Waals surface area contributed by atoms with Crippen molar-refractivity contribution in [1.29, 1.82) is 0 Å². The molecule has 4 heterocycles. The molecule has 1 saturated heterocycles. The highest BCUT2D eigenvalue weighted by Crippen LogP contribution is 2.30. The van der Waals surface area contributed by atoms with E-state index >= 15 is 0 Å². The first-order chi connectivity index (χ1) is 16.5. The minimum Gasteiger partial charge on any atom is -0.378 e. The normalized spacial score (nSPS) is 15.2. The van der Waals surface area contributed by atoms with Gasteiger partial charge in [0.1, 0.15) is 5.65 Å². The summed E-state index contributed by atoms with van der Waals surface area (Å²) in [6.07, 6.45) is 5.70. The number of ether oxygens (including phenoxy) is 1. The van der Waals surface area contributed by atoms with E-state index in [1.807, 2.05) is 63.0 Å². The molecule has 34 heavy (non-hydrogen) atoms. The summed E-state index contributed by atoms with van der Waals surface area (Å²) in [5.41, 5.74) is 4.65. The van der Waals surface area contributed by atoms with E-state index in [1.54, 1.807) is 10.6 Å². The molecule has 4 aromatic rings. The van der Waals surface area contributed by atoms with E-state index in [0.717, 1.165) is 59.7 Å². The quantitative estimate of drug-likeness (QED) is 0.454. The summed E-state index contributed by atoms with van der Waals surface area (Å²) >= 11 is 6.25. The molecule has 0 amide bonds.